The van der Waals surface area contributed by atoms with Crippen molar-refractivity contribution in [3.8, 4) is 17.1 Å². The Kier molecular flexibility index (Phi) is 4.64. The van der Waals surface area contributed by atoms with Crippen molar-refractivity contribution in [2.24, 2.45) is 0 Å². The van der Waals surface area contributed by atoms with Crippen molar-refractivity contribution in [3.63, 3.8) is 0 Å². The second-order valence-corrected chi connectivity index (χ2v) is 7.28. The van der Waals surface area contributed by atoms with Crippen LogP contribution in [-0.4, -0.2) is 61.3 Å². The fraction of sp³-hybridized carbons (Fsp3) is 0.421. The zero-order valence-electron chi connectivity index (χ0n) is 15.8. The molecule has 3 heterocycles. The van der Waals surface area contributed by atoms with E-state index in [2.05, 4.69) is 20.2 Å². The largest absolute Gasteiger partial charge is 0.488 e. The van der Waals surface area contributed by atoms with Gasteiger partial charge in [-0.15, -0.1) is 0 Å². The van der Waals surface area contributed by atoms with Crippen molar-refractivity contribution in [3.05, 3.63) is 30.3 Å². The third-order valence-corrected chi connectivity index (χ3v) is 4.93. The van der Waals surface area contributed by atoms with Gasteiger partial charge in [-0.2, -0.15) is 5.10 Å². The van der Waals surface area contributed by atoms with Crippen LogP contribution in [0.15, 0.2) is 24.5 Å². The van der Waals surface area contributed by atoms with Crippen molar-refractivity contribution in [1.82, 2.24) is 20.2 Å². The van der Waals surface area contributed by atoms with E-state index in [1.54, 1.807) is 12.1 Å². The number of aliphatic hydroxyl groups excluding tert-OH is 2. The molecule has 9 heteroatoms. The fourth-order valence-electron chi connectivity index (χ4n) is 3.48. The van der Waals surface area contributed by atoms with Crippen molar-refractivity contribution in [2.75, 3.05) is 11.4 Å². The molecule has 0 radical (unpaired) electrons. The smallest absolute Gasteiger partial charge is 0.167 e. The maximum atomic E-state index is 14.2. The van der Waals surface area contributed by atoms with Gasteiger partial charge in [-0.3, -0.25) is 5.10 Å². The van der Waals surface area contributed by atoms with Crippen LogP contribution < -0.4 is 9.64 Å². The summed E-state index contributed by atoms with van der Waals surface area (Å²) in [6, 6.07) is 4.41. The molecule has 3 N–H and O–H groups in total. The molecular weight excluding hydrogens is 365 g/mol. The first-order valence-electron chi connectivity index (χ1n) is 9.14. The van der Waals surface area contributed by atoms with Crippen LogP contribution in [0.25, 0.3) is 22.3 Å². The Bertz CT molecular complexity index is 1010. The Morgan fingerprint density at radius 3 is 2.71 bits per heavy atom. The second-order valence-electron chi connectivity index (χ2n) is 7.28. The van der Waals surface area contributed by atoms with Gasteiger partial charge in [0.2, 0.25) is 0 Å². The maximum absolute atomic E-state index is 14.2. The monoisotopic (exact) mass is 387 g/mol. The Labute approximate surface area is 161 Å². The molecule has 0 saturated carbocycles. The van der Waals surface area contributed by atoms with Crippen molar-refractivity contribution in [2.45, 2.75) is 45.1 Å². The van der Waals surface area contributed by atoms with E-state index < -0.39 is 18.0 Å². The molecule has 1 fully saturated rings. The lowest BCUT2D eigenvalue weighted by atomic mass is 10.1. The first-order chi connectivity index (χ1) is 13.3. The summed E-state index contributed by atoms with van der Waals surface area (Å²) in [7, 11) is 0. The Hall–Kier alpha value is -2.78. The van der Waals surface area contributed by atoms with E-state index in [0.717, 1.165) is 0 Å². The molecule has 1 aromatic carbocycles. The van der Waals surface area contributed by atoms with Gasteiger partial charge in [0.1, 0.15) is 23.9 Å². The van der Waals surface area contributed by atoms with Crippen LogP contribution in [0.3, 0.4) is 0 Å². The number of anilines is 1. The van der Waals surface area contributed by atoms with Crippen LogP contribution in [-0.2, 0) is 0 Å². The number of aromatic amines is 1. The molecule has 0 spiro atoms. The highest BCUT2D eigenvalue weighted by Crippen LogP contribution is 2.32. The third kappa shape index (κ3) is 3.16. The van der Waals surface area contributed by atoms with Gasteiger partial charge in [-0.25, -0.2) is 14.4 Å². The summed E-state index contributed by atoms with van der Waals surface area (Å²) in [6.45, 7) is 5.76. The SMILES string of the molecule is CC(C)Oc1cc2c(-c3cc(N4C[C@H](O)[C@@H](O)[C@@H]4C)ncn3)n[nH]c2cc1F. The van der Waals surface area contributed by atoms with Gasteiger partial charge >= 0.3 is 0 Å². The molecule has 3 aromatic rings. The first kappa shape index (κ1) is 18.6. The van der Waals surface area contributed by atoms with E-state index in [0.29, 0.717) is 28.1 Å². The highest BCUT2D eigenvalue weighted by atomic mass is 19.1. The number of nitrogens with one attached hydrogen (secondary N) is 1. The molecule has 148 valence electrons. The molecule has 0 unspecified atom stereocenters. The summed E-state index contributed by atoms with van der Waals surface area (Å²) in [5.74, 6) is 0.262. The minimum atomic E-state index is -0.844. The minimum absolute atomic E-state index is 0.152. The van der Waals surface area contributed by atoms with Gasteiger partial charge < -0.3 is 19.8 Å². The molecule has 1 aliphatic rings. The van der Waals surface area contributed by atoms with Crippen LogP contribution in [0.5, 0.6) is 5.75 Å². The second kappa shape index (κ2) is 6.99. The van der Waals surface area contributed by atoms with Gasteiger partial charge in [-0.1, -0.05) is 0 Å². The Morgan fingerprint density at radius 1 is 1.25 bits per heavy atom. The quantitative estimate of drug-likeness (QED) is 0.627. The highest BCUT2D eigenvalue weighted by Gasteiger charge is 2.37. The minimum Gasteiger partial charge on any atom is -0.488 e. The maximum Gasteiger partial charge on any atom is 0.167 e. The number of aliphatic hydroxyl groups is 2. The molecule has 0 bridgehead atoms. The summed E-state index contributed by atoms with van der Waals surface area (Å²) >= 11 is 0. The van der Waals surface area contributed by atoms with Crippen molar-refractivity contribution >= 4 is 16.7 Å². The molecule has 28 heavy (non-hydrogen) atoms. The highest BCUT2D eigenvalue weighted by molar-refractivity contribution is 5.93. The van der Waals surface area contributed by atoms with Gasteiger partial charge in [0.25, 0.3) is 0 Å². The molecule has 4 rings (SSSR count). The summed E-state index contributed by atoms with van der Waals surface area (Å²) in [4.78, 5) is 10.4. The number of hydrogen-bond donors (Lipinski definition) is 3. The molecular formula is C19H22FN5O3. The molecule has 1 aliphatic heterocycles. The van der Waals surface area contributed by atoms with Crippen LogP contribution in [0.2, 0.25) is 0 Å². The van der Waals surface area contributed by atoms with E-state index in [4.69, 9.17) is 4.74 Å². The van der Waals surface area contributed by atoms with E-state index in [1.807, 2.05) is 25.7 Å². The summed E-state index contributed by atoms with van der Waals surface area (Å²) in [6.07, 6.45) is -0.437. The van der Waals surface area contributed by atoms with E-state index in [-0.39, 0.29) is 24.4 Å². The molecule has 0 amide bonds. The van der Waals surface area contributed by atoms with E-state index >= 15 is 0 Å². The van der Waals surface area contributed by atoms with E-state index in [1.165, 1.54) is 12.4 Å². The fourth-order valence-corrected chi connectivity index (χ4v) is 3.48. The average Bonchev–Trinajstić information content (AvgIpc) is 3.17. The first-order valence-corrected chi connectivity index (χ1v) is 9.14. The predicted octanol–water partition coefficient (Wildman–Crippen LogP) is 1.88. The summed E-state index contributed by atoms with van der Waals surface area (Å²) < 4.78 is 19.8. The number of H-pyrrole nitrogens is 1. The molecule has 3 atom stereocenters. The lowest BCUT2D eigenvalue weighted by molar-refractivity contribution is 0.0438. The van der Waals surface area contributed by atoms with Crippen LogP contribution in [0.4, 0.5) is 10.2 Å². The number of aromatic nitrogens is 4. The topological polar surface area (TPSA) is 107 Å². The number of benzene rings is 1. The zero-order chi connectivity index (χ0) is 20.0. The molecule has 0 aliphatic carbocycles. The number of nitrogens with zero attached hydrogens (tertiary/aromatic N) is 4. The van der Waals surface area contributed by atoms with Gasteiger partial charge in [-0.05, 0) is 26.8 Å². The summed E-state index contributed by atoms with van der Waals surface area (Å²) in [5.41, 5.74) is 1.62. The zero-order valence-corrected chi connectivity index (χ0v) is 15.8. The van der Waals surface area contributed by atoms with Crippen LogP contribution in [0.1, 0.15) is 20.8 Å². The number of halogens is 1. The van der Waals surface area contributed by atoms with Crippen molar-refractivity contribution in [1.29, 1.82) is 0 Å². The van der Waals surface area contributed by atoms with Crippen LogP contribution >= 0.6 is 0 Å². The lowest BCUT2D eigenvalue weighted by Gasteiger charge is -2.23. The van der Waals surface area contributed by atoms with E-state index in [9.17, 15) is 14.6 Å². The van der Waals surface area contributed by atoms with Gasteiger partial charge in [0, 0.05) is 24.1 Å². The Morgan fingerprint density at radius 2 is 2.04 bits per heavy atom. The summed E-state index contributed by atoms with van der Waals surface area (Å²) in [5, 5.41) is 27.7. The third-order valence-electron chi connectivity index (χ3n) is 4.93. The normalized spacial score (nSPS) is 22.4. The molecule has 1 saturated heterocycles. The van der Waals surface area contributed by atoms with Crippen LogP contribution in [0, 0.1) is 5.82 Å². The standard InChI is InChI=1S/C19H22FN5O3/c1-9(2)28-16-4-11-13(5-12(16)20)23-24-18(11)14-6-17(22-8-21-14)25-7-15(26)19(27)10(25)3/h4-6,8-10,15,19,26-27H,7H2,1-3H3,(H,23,24)/t10-,15-,19-/m0/s1. The molecule has 2 aromatic heterocycles. The predicted molar refractivity (Wildman–Crippen MR) is 102 cm³/mol. The van der Waals surface area contributed by atoms with Crippen molar-refractivity contribution < 1.29 is 19.3 Å². The lowest BCUT2D eigenvalue weighted by Crippen LogP contribution is -2.33. The average molecular weight is 387 g/mol. The van der Waals surface area contributed by atoms with Gasteiger partial charge in [0.05, 0.1) is 29.5 Å². The van der Waals surface area contributed by atoms with Gasteiger partial charge in [0.15, 0.2) is 11.6 Å². The molecule has 8 nitrogen and oxygen atoms in total. The number of fused-ring (bicyclic) bond motifs is 1. The number of ether oxygens (including phenoxy) is 1. The number of hydrogen-bond acceptors (Lipinski definition) is 7. The number of β-amino-alcohol motifs (C(OH)–C–C–N with tert-alkyl or cyclic N) is 1. The number of rotatable bonds is 4. The Balaban J connectivity index is 1.74.